The van der Waals surface area contributed by atoms with Gasteiger partial charge in [-0.2, -0.15) is 0 Å². The van der Waals surface area contributed by atoms with Gasteiger partial charge in [0.2, 0.25) is 0 Å². The van der Waals surface area contributed by atoms with Crippen molar-refractivity contribution in [3.05, 3.63) is 51.7 Å². The second-order valence-electron chi connectivity index (χ2n) is 4.86. The molecule has 0 unspecified atom stereocenters. The van der Waals surface area contributed by atoms with Crippen molar-refractivity contribution >= 4 is 22.9 Å². The average molecular weight is 299 g/mol. The summed E-state index contributed by atoms with van der Waals surface area (Å²) in [6.07, 6.45) is 0. The molecule has 0 spiro atoms. The highest BCUT2D eigenvalue weighted by Crippen LogP contribution is 2.21. The van der Waals surface area contributed by atoms with Crippen LogP contribution in [0, 0.1) is 11.8 Å². The van der Waals surface area contributed by atoms with Crippen molar-refractivity contribution in [2.45, 2.75) is 19.8 Å². The van der Waals surface area contributed by atoms with Gasteiger partial charge in [-0.25, -0.2) is 0 Å². The van der Waals surface area contributed by atoms with Crippen LogP contribution in [0.3, 0.4) is 0 Å². The fourth-order valence-corrected chi connectivity index (χ4v) is 2.60. The molecule has 0 atom stereocenters. The summed E-state index contributed by atoms with van der Waals surface area (Å²) < 4.78 is 0. The number of aliphatic hydroxyl groups is 1. The monoisotopic (exact) mass is 299 g/mol. The molecule has 0 radical (unpaired) electrons. The van der Waals surface area contributed by atoms with E-state index in [1.807, 2.05) is 24.3 Å². The number of nitrogens with one attached hydrogen (secondary N) is 1. The Hall–Kier alpha value is -2.09. The lowest BCUT2D eigenvalue weighted by Crippen LogP contribution is -2.10. The molecule has 3 nitrogen and oxygen atoms in total. The Morgan fingerprint density at radius 2 is 2.14 bits per heavy atom. The molecule has 108 valence electrons. The normalized spacial score (nSPS) is 10.1. The number of aliphatic hydroxyl groups excluding tert-OH is 1. The fraction of sp³-hybridized carbons (Fsp3) is 0.235. The van der Waals surface area contributed by atoms with Crippen LogP contribution in [0.5, 0.6) is 0 Å². The molecule has 1 heterocycles. The van der Waals surface area contributed by atoms with Gasteiger partial charge in [0.05, 0.1) is 9.75 Å². The van der Waals surface area contributed by atoms with Crippen molar-refractivity contribution < 1.29 is 9.90 Å². The van der Waals surface area contributed by atoms with E-state index in [0.717, 1.165) is 10.6 Å². The van der Waals surface area contributed by atoms with Crippen LogP contribution in [-0.4, -0.2) is 17.6 Å². The van der Waals surface area contributed by atoms with Crippen molar-refractivity contribution in [1.29, 1.82) is 0 Å². The van der Waals surface area contributed by atoms with E-state index >= 15 is 0 Å². The molecule has 21 heavy (non-hydrogen) atoms. The van der Waals surface area contributed by atoms with Gasteiger partial charge in [0.1, 0.15) is 6.61 Å². The first-order valence-corrected chi connectivity index (χ1v) is 7.52. The molecule has 0 fully saturated rings. The van der Waals surface area contributed by atoms with Crippen LogP contribution < -0.4 is 5.32 Å². The molecule has 2 aromatic rings. The molecule has 2 N–H and O–H groups in total. The fourth-order valence-electron chi connectivity index (χ4n) is 1.82. The molecular formula is C17H17NO2S. The first-order valence-electron chi connectivity index (χ1n) is 6.71. The Balaban J connectivity index is 2.11. The summed E-state index contributed by atoms with van der Waals surface area (Å²) in [7, 11) is 0. The maximum Gasteiger partial charge on any atom is 0.265 e. The van der Waals surface area contributed by atoms with E-state index < -0.39 is 0 Å². The van der Waals surface area contributed by atoms with Crippen LogP contribution in [0.1, 0.15) is 39.9 Å². The molecule has 0 aliphatic heterocycles. The van der Waals surface area contributed by atoms with Crippen molar-refractivity contribution in [2.75, 3.05) is 11.9 Å². The molecule has 1 aromatic carbocycles. The smallest absolute Gasteiger partial charge is 0.265 e. The van der Waals surface area contributed by atoms with Crippen LogP contribution in [0.4, 0.5) is 5.69 Å². The zero-order chi connectivity index (χ0) is 15.2. The van der Waals surface area contributed by atoms with Crippen LogP contribution in [-0.2, 0) is 0 Å². The third-order valence-corrected chi connectivity index (χ3v) is 3.93. The minimum Gasteiger partial charge on any atom is -0.384 e. The third kappa shape index (κ3) is 4.19. The molecule has 0 saturated carbocycles. The number of thiophene rings is 1. The van der Waals surface area contributed by atoms with E-state index in [-0.39, 0.29) is 12.5 Å². The lowest BCUT2D eigenvalue weighted by molar-refractivity contribution is 0.103. The summed E-state index contributed by atoms with van der Waals surface area (Å²) in [6.45, 7) is 4.06. The second kappa shape index (κ2) is 7.07. The van der Waals surface area contributed by atoms with Crippen LogP contribution >= 0.6 is 11.3 Å². The van der Waals surface area contributed by atoms with Crippen molar-refractivity contribution in [3.8, 4) is 11.8 Å². The van der Waals surface area contributed by atoms with E-state index in [1.54, 1.807) is 12.1 Å². The molecule has 1 amide bonds. The number of hydrogen-bond acceptors (Lipinski definition) is 3. The van der Waals surface area contributed by atoms with Crippen LogP contribution in [0.2, 0.25) is 0 Å². The van der Waals surface area contributed by atoms with E-state index in [1.165, 1.54) is 16.9 Å². The highest BCUT2D eigenvalue weighted by Gasteiger charge is 2.09. The van der Waals surface area contributed by atoms with Gasteiger partial charge in [0.15, 0.2) is 0 Å². The predicted octanol–water partition coefficient (Wildman–Crippen LogP) is 3.47. The van der Waals surface area contributed by atoms with Gasteiger partial charge in [0.25, 0.3) is 5.91 Å². The summed E-state index contributed by atoms with van der Waals surface area (Å²) >= 11 is 1.31. The third-order valence-electron chi connectivity index (χ3n) is 2.93. The summed E-state index contributed by atoms with van der Waals surface area (Å²) in [5, 5.41) is 11.6. The SMILES string of the molecule is CC(C)c1cccc(NC(=O)c2ccc(C#CCO)s2)c1. The van der Waals surface area contributed by atoms with Gasteiger partial charge in [-0.3, -0.25) is 4.79 Å². The van der Waals surface area contributed by atoms with Gasteiger partial charge >= 0.3 is 0 Å². The topological polar surface area (TPSA) is 49.3 Å². The molecule has 1 aromatic heterocycles. The summed E-state index contributed by atoms with van der Waals surface area (Å²) in [5.41, 5.74) is 1.98. The van der Waals surface area contributed by atoms with Gasteiger partial charge in [0, 0.05) is 5.69 Å². The number of amides is 1. The number of carbonyl (C=O) groups excluding carboxylic acids is 1. The van der Waals surface area contributed by atoms with Crippen molar-refractivity contribution in [3.63, 3.8) is 0 Å². The molecule has 0 bridgehead atoms. The Morgan fingerprint density at radius 3 is 2.86 bits per heavy atom. The molecule has 4 heteroatoms. The summed E-state index contributed by atoms with van der Waals surface area (Å²) in [5.74, 6) is 5.65. The Labute approximate surface area is 128 Å². The minimum atomic E-state index is -0.179. The zero-order valence-electron chi connectivity index (χ0n) is 12.0. The maximum atomic E-state index is 12.2. The average Bonchev–Trinajstić information content (AvgIpc) is 2.94. The standard InChI is InChI=1S/C17H17NO2S/c1-12(2)13-5-3-6-14(11-13)18-17(20)16-9-8-15(21-16)7-4-10-19/h3,5-6,8-9,11-12,19H,10H2,1-2H3,(H,18,20). The zero-order valence-corrected chi connectivity index (χ0v) is 12.8. The molecule has 0 aliphatic carbocycles. The number of anilines is 1. The van der Waals surface area contributed by atoms with Crippen molar-refractivity contribution in [2.24, 2.45) is 0 Å². The van der Waals surface area contributed by atoms with E-state index in [9.17, 15) is 4.79 Å². The summed E-state index contributed by atoms with van der Waals surface area (Å²) in [4.78, 5) is 13.6. The predicted molar refractivity (Wildman–Crippen MR) is 86.8 cm³/mol. The first kappa shape index (κ1) is 15.3. The number of hydrogen-bond donors (Lipinski definition) is 2. The van der Waals surface area contributed by atoms with E-state index in [2.05, 4.69) is 31.0 Å². The lowest BCUT2D eigenvalue weighted by Gasteiger charge is -2.08. The quantitative estimate of drug-likeness (QED) is 0.853. The number of carbonyl (C=O) groups is 1. The van der Waals surface area contributed by atoms with Gasteiger partial charge in [-0.1, -0.05) is 37.8 Å². The largest absolute Gasteiger partial charge is 0.384 e. The second-order valence-corrected chi connectivity index (χ2v) is 5.94. The highest BCUT2D eigenvalue weighted by molar-refractivity contribution is 7.14. The lowest BCUT2D eigenvalue weighted by atomic mass is 10.0. The molecule has 2 rings (SSSR count). The molecular weight excluding hydrogens is 282 g/mol. The Morgan fingerprint density at radius 1 is 1.33 bits per heavy atom. The summed E-state index contributed by atoms with van der Waals surface area (Å²) in [6, 6.07) is 11.4. The van der Waals surface area contributed by atoms with E-state index in [4.69, 9.17) is 5.11 Å². The highest BCUT2D eigenvalue weighted by atomic mass is 32.1. The van der Waals surface area contributed by atoms with Gasteiger partial charge < -0.3 is 10.4 Å². The van der Waals surface area contributed by atoms with Crippen LogP contribution in [0.15, 0.2) is 36.4 Å². The number of rotatable bonds is 3. The van der Waals surface area contributed by atoms with Gasteiger partial charge in [-0.15, -0.1) is 11.3 Å². The number of benzene rings is 1. The Bertz CT molecular complexity index is 692. The van der Waals surface area contributed by atoms with Gasteiger partial charge in [-0.05, 0) is 35.7 Å². The first-order chi connectivity index (χ1) is 10.1. The maximum absolute atomic E-state index is 12.2. The van der Waals surface area contributed by atoms with Crippen LogP contribution in [0.25, 0.3) is 0 Å². The van der Waals surface area contributed by atoms with E-state index in [0.29, 0.717) is 10.8 Å². The molecule has 0 saturated heterocycles. The molecule has 0 aliphatic rings. The van der Waals surface area contributed by atoms with Crippen molar-refractivity contribution in [1.82, 2.24) is 0 Å². The Kier molecular flexibility index (Phi) is 5.15. The minimum absolute atomic E-state index is 0.141.